The third kappa shape index (κ3) is 11.5. The van der Waals surface area contributed by atoms with Crippen LogP contribution in [0.2, 0.25) is 0 Å². The molecule has 0 unspecified atom stereocenters. The number of hydrogen-bond acceptors (Lipinski definition) is 7. The zero-order valence-electron chi connectivity index (χ0n) is 31.2. The number of aliphatic carboxylic acids is 2. The minimum atomic E-state index is -4.39. The van der Waals surface area contributed by atoms with E-state index in [0.29, 0.717) is 62.5 Å². The van der Waals surface area contributed by atoms with Crippen LogP contribution in [0.5, 0.6) is 17.2 Å². The lowest BCUT2D eigenvalue weighted by Crippen LogP contribution is -2.03. The molecule has 0 aliphatic carbocycles. The molecule has 0 fully saturated rings. The first-order valence-corrected chi connectivity index (χ1v) is 17.4. The van der Waals surface area contributed by atoms with Crippen molar-refractivity contribution < 1.29 is 69.2 Å². The quantitative estimate of drug-likeness (QED) is 0.110. The monoisotopic (exact) mass is 810 g/mol. The average Bonchev–Trinajstić information content (AvgIpc) is 3.74. The van der Waals surface area contributed by atoms with Crippen LogP contribution in [0.25, 0.3) is 22.6 Å². The normalized spacial score (nSPS) is 11.4. The molecule has 6 rings (SSSR count). The van der Waals surface area contributed by atoms with Gasteiger partial charge in [0.2, 0.25) is 0 Å². The van der Waals surface area contributed by atoms with Crippen molar-refractivity contribution in [3.63, 3.8) is 0 Å². The molecule has 6 aromatic rings. The standard InChI is InChI=1S/C22H19F3O5.C21H17F3O4/c1-13-16(9-20(30-13)14-3-6-17(7-4-14)22(23,24)25)12-29-18-8-5-15(10-21(26)27)19(11-18)28-2;1-13-16(12-27-18-8-2-14(3-9-18)10-20(25)26)11-19(28-13)15-4-6-17(7-5-15)21(22,23)24/h3-9,11H,10,12H2,1-2H3,(H,26,27);2-9,11H,10,12H2,1H3,(H,25,26). The SMILES string of the molecule is COc1cc(OCc2cc(-c3ccc(C(F)(F)F)cc3)oc2C)ccc1CC(=O)O.Cc1oc(-c2ccc(C(F)(F)F)cc2)cc1COc1ccc(CC(=O)O)cc1. The van der Waals surface area contributed by atoms with E-state index >= 15 is 0 Å². The summed E-state index contributed by atoms with van der Waals surface area (Å²) in [6.07, 6.45) is -8.99. The highest BCUT2D eigenvalue weighted by molar-refractivity contribution is 5.71. The van der Waals surface area contributed by atoms with E-state index in [-0.39, 0.29) is 26.1 Å². The Labute approximate surface area is 328 Å². The number of carboxylic acid groups (broad SMARTS) is 2. The van der Waals surface area contributed by atoms with Crippen molar-refractivity contribution in [3.8, 4) is 39.9 Å². The van der Waals surface area contributed by atoms with E-state index in [1.807, 2.05) is 0 Å². The molecule has 0 saturated heterocycles. The Morgan fingerprint density at radius 2 is 1.00 bits per heavy atom. The smallest absolute Gasteiger partial charge is 0.416 e. The van der Waals surface area contributed by atoms with E-state index < -0.39 is 35.4 Å². The maximum atomic E-state index is 12.7. The van der Waals surface area contributed by atoms with Crippen molar-refractivity contribution in [2.75, 3.05) is 7.11 Å². The molecule has 0 saturated carbocycles. The van der Waals surface area contributed by atoms with Crippen LogP contribution in [0.1, 0.15) is 44.9 Å². The van der Waals surface area contributed by atoms with Crippen LogP contribution < -0.4 is 14.2 Å². The van der Waals surface area contributed by atoms with Crippen LogP contribution in [-0.2, 0) is 48.0 Å². The lowest BCUT2D eigenvalue weighted by Gasteiger charge is -2.10. The number of benzene rings is 4. The summed E-state index contributed by atoms with van der Waals surface area (Å²) in [7, 11) is 1.45. The summed E-state index contributed by atoms with van der Waals surface area (Å²) in [5, 5.41) is 17.7. The van der Waals surface area contributed by atoms with Gasteiger partial charge in [-0.05, 0) is 74.0 Å². The average molecular weight is 811 g/mol. The molecule has 0 spiro atoms. The first kappa shape index (κ1) is 42.5. The molecular weight excluding hydrogens is 774 g/mol. The van der Waals surface area contributed by atoms with E-state index in [1.165, 1.54) is 31.4 Å². The minimum Gasteiger partial charge on any atom is -0.496 e. The lowest BCUT2D eigenvalue weighted by molar-refractivity contribution is -0.138. The predicted octanol–water partition coefficient (Wildman–Crippen LogP) is 11.0. The number of alkyl halides is 6. The van der Waals surface area contributed by atoms with Gasteiger partial charge in [-0.1, -0.05) is 42.5 Å². The van der Waals surface area contributed by atoms with Crippen LogP contribution in [0.4, 0.5) is 26.3 Å². The van der Waals surface area contributed by atoms with Crippen molar-refractivity contribution in [2.24, 2.45) is 0 Å². The molecule has 304 valence electrons. The van der Waals surface area contributed by atoms with Crippen molar-refractivity contribution in [2.45, 2.75) is 52.3 Å². The highest BCUT2D eigenvalue weighted by Gasteiger charge is 2.31. The number of ether oxygens (including phenoxy) is 3. The Morgan fingerprint density at radius 1 is 0.569 bits per heavy atom. The van der Waals surface area contributed by atoms with Crippen LogP contribution in [0.3, 0.4) is 0 Å². The number of furan rings is 2. The van der Waals surface area contributed by atoms with Crippen LogP contribution in [-0.4, -0.2) is 29.3 Å². The molecule has 2 N–H and O–H groups in total. The highest BCUT2D eigenvalue weighted by atomic mass is 19.4. The molecular formula is C43H36F6O9. The van der Waals surface area contributed by atoms with Gasteiger partial charge < -0.3 is 33.3 Å². The van der Waals surface area contributed by atoms with Gasteiger partial charge in [0.05, 0.1) is 31.1 Å². The first-order valence-electron chi connectivity index (χ1n) is 17.4. The van der Waals surface area contributed by atoms with Crippen molar-refractivity contribution >= 4 is 11.9 Å². The van der Waals surface area contributed by atoms with Crippen molar-refractivity contribution in [3.05, 3.63) is 148 Å². The van der Waals surface area contributed by atoms with Crippen LogP contribution in [0, 0.1) is 13.8 Å². The third-order valence-corrected chi connectivity index (χ3v) is 8.70. The van der Waals surface area contributed by atoms with Crippen molar-refractivity contribution in [1.82, 2.24) is 0 Å². The Morgan fingerprint density at radius 3 is 1.41 bits per heavy atom. The number of carboxylic acids is 2. The topological polar surface area (TPSA) is 129 Å². The molecule has 2 aromatic heterocycles. The molecule has 0 aliphatic rings. The zero-order valence-corrected chi connectivity index (χ0v) is 31.2. The second-order valence-corrected chi connectivity index (χ2v) is 12.9. The Kier molecular flexibility index (Phi) is 13.3. The molecule has 2 heterocycles. The molecule has 15 heteroatoms. The molecule has 9 nitrogen and oxygen atoms in total. The highest BCUT2D eigenvalue weighted by Crippen LogP contribution is 2.34. The molecule has 0 amide bonds. The Bertz CT molecular complexity index is 2320. The molecule has 0 atom stereocenters. The van der Waals surface area contributed by atoms with E-state index in [1.54, 1.807) is 68.4 Å². The summed E-state index contributed by atoms with van der Waals surface area (Å²) >= 11 is 0. The summed E-state index contributed by atoms with van der Waals surface area (Å²) in [4.78, 5) is 21.6. The van der Waals surface area contributed by atoms with Gasteiger partial charge in [0.25, 0.3) is 0 Å². The number of carbonyl (C=O) groups is 2. The predicted molar refractivity (Wildman–Crippen MR) is 199 cm³/mol. The zero-order chi connectivity index (χ0) is 42.2. The van der Waals surface area contributed by atoms with Crippen LogP contribution in [0.15, 0.2) is 112 Å². The maximum Gasteiger partial charge on any atom is 0.416 e. The number of hydrogen-bond donors (Lipinski definition) is 2. The van der Waals surface area contributed by atoms with E-state index in [0.717, 1.165) is 35.4 Å². The fraction of sp³-hybridized carbons (Fsp3) is 0.209. The molecule has 58 heavy (non-hydrogen) atoms. The summed E-state index contributed by atoms with van der Waals surface area (Å²) in [5.74, 6) is 1.69. The summed E-state index contributed by atoms with van der Waals surface area (Å²) in [5.41, 5.74) is 2.33. The van der Waals surface area contributed by atoms with E-state index in [9.17, 15) is 35.9 Å². The van der Waals surface area contributed by atoms with Gasteiger partial charge in [0, 0.05) is 33.9 Å². The number of methoxy groups -OCH3 is 1. The van der Waals surface area contributed by atoms with Gasteiger partial charge in [0.15, 0.2) is 0 Å². The second-order valence-electron chi connectivity index (χ2n) is 12.9. The Hall–Kier alpha value is -6.64. The van der Waals surface area contributed by atoms with Gasteiger partial charge in [-0.2, -0.15) is 26.3 Å². The number of aryl methyl sites for hydroxylation is 2. The molecule has 4 aromatic carbocycles. The van der Waals surface area contributed by atoms with Gasteiger partial charge in [-0.25, -0.2) is 0 Å². The molecule has 0 radical (unpaired) electrons. The fourth-order valence-electron chi connectivity index (χ4n) is 5.58. The molecule has 0 aliphatic heterocycles. The Balaban J connectivity index is 0.000000221. The van der Waals surface area contributed by atoms with Gasteiger partial charge in [-0.3, -0.25) is 9.59 Å². The lowest BCUT2D eigenvalue weighted by atomic mass is 10.1. The number of halogens is 6. The maximum absolute atomic E-state index is 12.7. The van der Waals surface area contributed by atoms with Gasteiger partial charge >= 0.3 is 24.3 Å². The second kappa shape index (κ2) is 18.1. The first-order chi connectivity index (χ1) is 27.4. The molecule has 0 bridgehead atoms. The fourth-order valence-corrected chi connectivity index (χ4v) is 5.58. The largest absolute Gasteiger partial charge is 0.496 e. The van der Waals surface area contributed by atoms with Crippen molar-refractivity contribution in [1.29, 1.82) is 0 Å². The van der Waals surface area contributed by atoms with Gasteiger partial charge in [-0.15, -0.1) is 0 Å². The summed E-state index contributed by atoms with van der Waals surface area (Å²) in [6, 6.07) is 24.6. The third-order valence-electron chi connectivity index (χ3n) is 8.70. The van der Waals surface area contributed by atoms with Gasteiger partial charge in [0.1, 0.15) is 53.5 Å². The number of rotatable bonds is 13. The minimum absolute atomic E-state index is 0.0579. The van der Waals surface area contributed by atoms with E-state index in [2.05, 4.69) is 0 Å². The van der Waals surface area contributed by atoms with Crippen LogP contribution >= 0.6 is 0 Å². The summed E-state index contributed by atoms with van der Waals surface area (Å²) in [6.45, 7) is 3.87. The van der Waals surface area contributed by atoms with E-state index in [4.69, 9.17) is 33.3 Å². The summed E-state index contributed by atoms with van der Waals surface area (Å²) < 4.78 is 104.